The summed E-state index contributed by atoms with van der Waals surface area (Å²) in [5.41, 5.74) is -1.19. The zero-order valence-corrected chi connectivity index (χ0v) is 13.6. The van der Waals surface area contributed by atoms with E-state index >= 15 is 0 Å². The van der Waals surface area contributed by atoms with Gasteiger partial charge in [-0.15, -0.1) is 0 Å². The van der Waals surface area contributed by atoms with E-state index in [0.29, 0.717) is 51.1 Å². The standard InChI is InChI=1S/C17H19F3N2O3/c18-17(19,20)13-4-1-3-12(11-13)16(5-6-16)14(23)21-7-2-8-22-9-10-25-15(22)24/h1,3-4,11H,2,5-10H2,(H,21,23). The fourth-order valence-electron chi connectivity index (χ4n) is 3.03. The number of benzene rings is 1. The molecule has 1 aliphatic heterocycles. The molecule has 2 fully saturated rings. The molecule has 1 N–H and O–H groups in total. The van der Waals surface area contributed by atoms with Crippen LogP contribution in [0.4, 0.5) is 18.0 Å². The van der Waals surface area contributed by atoms with Gasteiger partial charge in [0.2, 0.25) is 5.91 Å². The van der Waals surface area contributed by atoms with E-state index in [0.717, 1.165) is 12.1 Å². The number of amides is 2. The third-order valence-electron chi connectivity index (χ3n) is 4.66. The molecule has 1 saturated heterocycles. The van der Waals surface area contributed by atoms with Crippen LogP contribution in [-0.4, -0.2) is 43.1 Å². The van der Waals surface area contributed by atoms with Crippen molar-refractivity contribution in [2.75, 3.05) is 26.2 Å². The molecule has 2 aliphatic rings. The minimum atomic E-state index is -4.42. The molecule has 0 atom stereocenters. The fraction of sp³-hybridized carbons (Fsp3) is 0.529. The maximum atomic E-state index is 12.9. The highest BCUT2D eigenvalue weighted by Gasteiger charge is 2.51. The third kappa shape index (κ3) is 3.72. The molecule has 1 saturated carbocycles. The Morgan fingerprint density at radius 3 is 2.68 bits per heavy atom. The number of halogens is 3. The predicted octanol–water partition coefficient (Wildman–Crippen LogP) is 2.70. The van der Waals surface area contributed by atoms with E-state index in [-0.39, 0.29) is 12.0 Å². The summed E-state index contributed by atoms with van der Waals surface area (Å²) in [6, 6.07) is 4.98. The summed E-state index contributed by atoms with van der Waals surface area (Å²) in [6.07, 6.45) is -3.13. The Kier molecular flexibility index (Phi) is 4.62. The molecule has 0 unspecified atom stereocenters. The highest BCUT2D eigenvalue weighted by Crippen LogP contribution is 2.49. The number of ether oxygens (including phenoxy) is 1. The lowest BCUT2D eigenvalue weighted by Gasteiger charge is -2.18. The molecule has 25 heavy (non-hydrogen) atoms. The molecule has 0 bridgehead atoms. The molecule has 0 radical (unpaired) electrons. The number of rotatable bonds is 6. The van der Waals surface area contributed by atoms with Crippen LogP contribution in [0, 0.1) is 0 Å². The van der Waals surface area contributed by atoms with Crippen molar-refractivity contribution in [1.29, 1.82) is 0 Å². The van der Waals surface area contributed by atoms with Crippen LogP contribution in [0.25, 0.3) is 0 Å². The van der Waals surface area contributed by atoms with Crippen molar-refractivity contribution >= 4 is 12.0 Å². The lowest BCUT2D eigenvalue weighted by molar-refractivity contribution is -0.137. The Morgan fingerprint density at radius 2 is 2.08 bits per heavy atom. The molecule has 1 aliphatic carbocycles. The van der Waals surface area contributed by atoms with E-state index in [4.69, 9.17) is 4.74 Å². The average molecular weight is 356 g/mol. The van der Waals surface area contributed by atoms with Gasteiger partial charge in [-0.1, -0.05) is 18.2 Å². The van der Waals surface area contributed by atoms with Crippen molar-refractivity contribution in [2.45, 2.75) is 30.9 Å². The van der Waals surface area contributed by atoms with Gasteiger partial charge >= 0.3 is 12.3 Å². The summed E-state index contributed by atoms with van der Waals surface area (Å²) in [6.45, 7) is 1.77. The van der Waals surface area contributed by atoms with Crippen molar-refractivity contribution in [3.05, 3.63) is 35.4 Å². The number of nitrogens with zero attached hydrogens (tertiary/aromatic N) is 1. The van der Waals surface area contributed by atoms with E-state index in [1.54, 1.807) is 11.0 Å². The van der Waals surface area contributed by atoms with Crippen LogP contribution in [-0.2, 0) is 21.1 Å². The van der Waals surface area contributed by atoms with E-state index < -0.39 is 17.2 Å². The van der Waals surface area contributed by atoms with Crippen LogP contribution in [0.1, 0.15) is 30.4 Å². The lowest BCUT2D eigenvalue weighted by atomic mass is 9.93. The van der Waals surface area contributed by atoms with Crippen molar-refractivity contribution in [3.63, 3.8) is 0 Å². The van der Waals surface area contributed by atoms with Crippen LogP contribution in [0.15, 0.2) is 24.3 Å². The van der Waals surface area contributed by atoms with Crippen molar-refractivity contribution in [3.8, 4) is 0 Å². The summed E-state index contributed by atoms with van der Waals surface area (Å²) < 4.78 is 43.4. The van der Waals surface area contributed by atoms with E-state index in [1.807, 2.05) is 0 Å². The molecule has 136 valence electrons. The Bertz CT molecular complexity index is 671. The second kappa shape index (κ2) is 6.57. The second-order valence-electron chi connectivity index (χ2n) is 6.37. The van der Waals surface area contributed by atoms with Gasteiger partial charge in [0.05, 0.1) is 17.5 Å². The first-order valence-corrected chi connectivity index (χ1v) is 8.21. The normalized spacial score (nSPS) is 18.8. The first-order chi connectivity index (χ1) is 11.8. The molecular weight excluding hydrogens is 337 g/mol. The molecule has 1 heterocycles. The first kappa shape index (κ1) is 17.6. The summed E-state index contributed by atoms with van der Waals surface area (Å²) >= 11 is 0. The topological polar surface area (TPSA) is 58.6 Å². The predicted molar refractivity (Wildman–Crippen MR) is 82.9 cm³/mol. The van der Waals surface area contributed by atoms with Gasteiger partial charge < -0.3 is 15.0 Å². The largest absolute Gasteiger partial charge is 0.448 e. The van der Waals surface area contributed by atoms with Crippen molar-refractivity contribution in [2.24, 2.45) is 0 Å². The number of hydrogen-bond donors (Lipinski definition) is 1. The highest BCUT2D eigenvalue weighted by atomic mass is 19.4. The third-order valence-corrected chi connectivity index (χ3v) is 4.66. The number of cyclic esters (lactones) is 1. The maximum absolute atomic E-state index is 12.9. The molecule has 0 aromatic heterocycles. The van der Waals surface area contributed by atoms with Gasteiger partial charge in [-0.25, -0.2) is 4.79 Å². The first-order valence-electron chi connectivity index (χ1n) is 8.21. The Labute approximate surface area is 143 Å². The van der Waals surface area contributed by atoms with Crippen molar-refractivity contribution < 1.29 is 27.5 Å². The number of nitrogens with one attached hydrogen (secondary N) is 1. The number of hydrogen-bond acceptors (Lipinski definition) is 3. The van der Waals surface area contributed by atoms with Crippen LogP contribution in [0.3, 0.4) is 0 Å². The van der Waals surface area contributed by atoms with Crippen LogP contribution in [0.5, 0.6) is 0 Å². The molecule has 1 aromatic carbocycles. The maximum Gasteiger partial charge on any atom is 0.416 e. The van der Waals surface area contributed by atoms with Gasteiger partial charge in [-0.3, -0.25) is 4.79 Å². The van der Waals surface area contributed by atoms with E-state index in [1.165, 1.54) is 6.07 Å². The summed E-state index contributed by atoms with van der Waals surface area (Å²) in [5.74, 6) is -0.254. The van der Waals surface area contributed by atoms with Crippen molar-refractivity contribution in [1.82, 2.24) is 10.2 Å². The number of carbonyl (C=O) groups is 2. The fourth-order valence-corrected chi connectivity index (χ4v) is 3.03. The van der Waals surface area contributed by atoms with Gasteiger partial charge in [0, 0.05) is 13.1 Å². The summed E-state index contributed by atoms with van der Waals surface area (Å²) in [5, 5.41) is 2.78. The van der Waals surface area contributed by atoms with Gasteiger partial charge in [-0.2, -0.15) is 13.2 Å². The molecule has 5 nitrogen and oxygen atoms in total. The number of carbonyl (C=O) groups excluding carboxylic acids is 2. The Hall–Kier alpha value is -2.25. The molecule has 2 amide bonds. The molecular formula is C17H19F3N2O3. The quantitative estimate of drug-likeness (QED) is 0.798. The minimum Gasteiger partial charge on any atom is -0.448 e. The van der Waals surface area contributed by atoms with Gasteiger partial charge in [0.25, 0.3) is 0 Å². The molecule has 8 heteroatoms. The molecule has 1 aromatic rings. The van der Waals surface area contributed by atoms with Crippen LogP contribution < -0.4 is 5.32 Å². The van der Waals surface area contributed by atoms with Gasteiger partial charge in [-0.05, 0) is 30.9 Å². The Morgan fingerprint density at radius 1 is 1.32 bits per heavy atom. The zero-order valence-electron chi connectivity index (χ0n) is 13.6. The Balaban J connectivity index is 1.56. The SMILES string of the molecule is O=C1OCCN1CCCNC(=O)C1(c2cccc(C(F)(F)F)c2)CC1. The average Bonchev–Trinajstić information content (AvgIpc) is 3.29. The minimum absolute atomic E-state index is 0.254. The summed E-state index contributed by atoms with van der Waals surface area (Å²) in [7, 11) is 0. The molecule has 0 spiro atoms. The van der Waals surface area contributed by atoms with Gasteiger partial charge in [0.15, 0.2) is 0 Å². The van der Waals surface area contributed by atoms with E-state index in [2.05, 4.69) is 5.32 Å². The lowest BCUT2D eigenvalue weighted by Crippen LogP contribution is -2.37. The number of alkyl halides is 3. The smallest absolute Gasteiger partial charge is 0.416 e. The van der Waals surface area contributed by atoms with Gasteiger partial charge in [0.1, 0.15) is 6.61 Å². The molecule has 3 rings (SSSR count). The second-order valence-corrected chi connectivity index (χ2v) is 6.37. The monoisotopic (exact) mass is 356 g/mol. The zero-order chi connectivity index (χ0) is 18.1. The van der Waals surface area contributed by atoms with Crippen LogP contribution >= 0.6 is 0 Å². The van der Waals surface area contributed by atoms with Crippen LogP contribution in [0.2, 0.25) is 0 Å². The van der Waals surface area contributed by atoms with E-state index in [9.17, 15) is 22.8 Å². The highest BCUT2D eigenvalue weighted by molar-refractivity contribution is 5.91. The summed E-state index contributed by atoms with van der Waals surface area (Å²) in [4.78, 5) is 25.3.